The fourth-order valence-electron chi connectivity index (χ4n) is 1.71. The number of nitrogens with one attached hydrogen (secondary N) is 1. The third kappa shape index (κ3) is 3.55. The number of hydrogen-bond acceptors (Lipinski definition) is 3. The zero-order valence-corrected chi connectivity index (χ0v) is 11.8. The molecule has 94 valence electrons. The van der Waals surface area contributed by atoms with Crippen molar-refractivity contribution in [2.75, 3.05) is 12.4 Å². The first-order valence-electron chi connectivity index (χ1n) is 5.71. The SMILES string of the molecule is COCc1cccc(CNc2cccnc2Br)c1. The molecule has 2 rings (SSSR count). The lowest BCUT2D eigenvalue weighted by molar-refractivity contribution is 0.185. The van der Waals surface area contributed by atoms with Crippen molar-refractivity contribution >= 4 is 21.6 Å². The number of methoxy groups -OCH3 is 1. The summed E-state index contributed by atoms with van der Waals surface area (Å²) in [5, 5.41) is 3.35. The van der Waals surface area contributed by atoms with E-state index in [0.29, 0.717) is 6.61 Å². The van der Waals surface area contributed by atoms with E-state index in [1.165, 1.54) is 11.1 Å². The average Bonchev–Trinajstić information content (AvgIpc) is 2.39. The van der Waals surface area contributed by atoms with Crippen LogP contribution in [0.25, 0.3) is 0 Å². The number of pyridine rings is 1. The van der Waals surface area contributed by atoms with Crippen LogP contribution in [-0.4, -0.2) is 12.1 Å². The number of rotatable bonds is 5. The Hall–Kier alpha value is -1.39. The van der Waals surface area contributed by atoms with Gasteiger partial charge in [-0.25, -0.2) is 4.98 Å². The summed E-state index contributed by atoms with van der Waals surface area (Å²) in [6.45, 7) is 1.41. The van der Waals surface area contributed by atoms with Crippen LogP contribution in [0.5, 0.6) is 0 Å². The lowest BCUT2D eigenvalue weighted by atomic mass is 10.1. The van der Waals surface area contributed by atoms with Crippen LogP contribution in [0.4, 0.5) is 5.69 Å². The number of aromatic nitrogens is 1. The molecule has 0 atom stereocenters. The van der Waals surface area contributed by atoms with E-state index < -0.39 is 0 Å². The molecular formula is C14H15BrN2O. The Morgan fingerprint density at radius 2 is 2.06 bits per heavy atom. The van der Waals surface area contributed by atoms with Crippen LogP contribution in [0.2, 0.25) is 0 Å². The summed E-state index contributed by atoms with van der Waals surface area (Å²) in [5.74, 6) is 0. The quantitative estimate of drug-likeness (QED) is 0.857. The third-order valence-electron chi connectivity index (χ3n) is 2.54. The van der Waals surface area contributed by atoms with E-state index in [1.807, 2.05) is 18.2 Å². The standard InChI is InChI=1S/C14H15BrN2O/c1-18-10-12-5-2-4-11(8-12)9-17-13-6-3-7-16-14(13)15/h2-8,17H,9-10H2,1H3. The summed E-state index contributed by atoms with van der Waals surface area (Å²) < 4.78 is 5.96. The second-order valence-electron chi connectivity index (χ2n) is 3.95. The molecule has 18 heavy (non-hydrogen) atoms. The second-order valence-corrected chi connectivity index (χ2v) is 4.70. The minimum atomic E-state index is 0.643. The molecule has 0 amide bonds. The van der Waals surface area contributed by atoms with E-state index in [-0.39, 0.29) is 0 Å². The molecule has 0 aliphatic carbocycles. The molecule has 0 fully saturated rings. The summed E-state index contributed by atoms with van der Waals surface area (Å²) in [6.07, 6.45) is 1.76. The summed E-state index contributed by atoms with van der Waals surface area (Å²) in [6, 6.07) is 12.2. The van der Waals surface area contributed by atoms with Crippen LogP contribution >= 0.6 is 15.9 Å². The minimum Gasteiger partial charge on any atom is -0.380 e. The molecule has 0 saturated carbocycles. The Balaban J connectivity index is 2.02. The van der Waals surface area contributed by atoms with Crippen LogP contribution in [0.3, 0.4) is 0 Å². The van der Waals surface area contributed by atoms with Crippen LogP contribution < -0.4 is 5.32 Å². The van der Waals surface area contributed by atoms with Crippen molar-refractivity contribution in [3.63, 3.8) is 0 Å². The van der Waals surface area contributed by atoms with Gasteiger partial charge in [0, 0.05) is 19.9 Å². The molecule has 1 aromatic heterocycles. The lowest BCUT2D eigenvalue weighted by Crippen LogP contribution is -2.01. The lowest BCUT2D eigenvalue weighted by Gasteiger charge is -2.09. The second kappa shape index (κ2) is 6.52. The number of anilines is 1. The van der Waals surface area contributed by atoms with Gasteiger partial charge in [0.1, 0.15) is 4.60 Å². The molecular weight excluding hydrogens is 292 g/mol. The van der Waals surface area contributed by atoms with Crippen molar-refractivity contribution in [2.24, 2.45) is 0 Å². The number of hydrogen-bond donors (Lipinski definition) is 1. The highest BCUT2D eigenvalue weighted by Gasteiger charge is 2.00. The smallest absolute Gasteiger partial charge is 0.129 e. The topological polar surface area (TPSA) is 34.1 Å². The van der Waals surface area contributed by atoms with Gasteiger partial charge in [-0.05, 0) is 39.2 Å². The molecule has 2 aromatic rings. The molecule has 0 spiro atoms. The molecule has 1 heterocycles. The number of nitrogens with zero attached hydrogens (tertiary/aromatic N) is 1. The van der Waals surface area contributed by atoms with Gasteiger partial charge in [-0.1, -0.05) is 24.3 Å². The molecule has 0 aliphatic rings. The molecule has 3 nitrogen and oxygen atoms in total. The van der Waals surface area contributed by atoms with E-state index in [4.69, 9.17) is 4.74 Å². The van der Waals surface area contributed by atoms with Gasteiger partial charge in [-0.2, -0.15) is 0 Å². The highest BCUT2D eigenvalue weighted by Crippen LogP contribution is 2.19. The van der Waals surface area contributed by atoms with Crippen molar-refractivity contribution in [1.29, 1.82) is 0 Å². The highest BCUT2D eigenvalue weighted by atomic mass is 79.9. The van der Waals surface area contributed by atoms with Gasteiger partial charge >= 0.3 is 0 Å². The van der Waals surface area contributed by atoms with Gasteiger partial charge < -0.3 is 10.1 Å². The van der Waals surface area contributed by atoms with Crippen molar-refractivity contribution < 1.29 is 4.74 Å². The Kier molecular flexibility index (Phi) is 4.73. The first-order chi connectivity index (χ1) is 8.79. The zero-order valence-electron chi connectivity index (χ0n) is 10.2. The number of ether oxygens (including phenoxy) is 1. The Morgan fingerprint density at radius 3 is 2.83 bits per heavy atom. The molecule has 0 bridgehead atoms. The maximum atomic E-state index is 5.13. The van der Waals surface area contributed by atoms with Gasteiger partial charge in [-0.3, -0.25) is 0 Å². The van der Waals surface area contributed by atoms with Gasteiger partial charge in [0.2, 0.25) is 0 Å². The Morgan fingerprint density at radius 1 is 1.22 bits per heavy atom. The van der Waals surface area contributed by atoms with Gasteiger partial charge in [0.05, 0.1) is 12.3 Å². The summed E-state index contributed by atoms with van der Waals surface area (Å²) >= 11 is 3.42. The normalized spacial score (nSPS) is 10.3. The first kappa shape index (κ1) is 13.1. The predicted octanol–water partition coefficient (Wildman–Crippen LogP) is 3.60. The van der Waals surface area contributed by atoms with Crippen LogP contribution in [-0.2, 0) is 17.9 Å². The van der Waals surface area contributed by atoms with Crippen molar-refractivity contribution in [1.82, 2.24) is 4.98 Å². The Labute approximate surface area is 115 Å². The third-order valence-corrected chi connectivity index (χ3v) is 3.18. The first-order valence-corrected chi connectivity index (χ1v) is 6.50. The van der Waals surface area contributed by atoms with E-state index in [2.05, 4.69) is 44.4 Å². The van der Waals surface area contributed by atoms with Crippen molar-refractivity contribution in [3.05, 3.63) is 58.3 Å². The van der Waals surface area contributed by atoms with Crippen molar-refractivity contribution in [3.8, 4) is 0 Å². The van der Waals surface area contributed by atoms with Crippen LogP contribution in [0.1, 0.15) is 11.1 Å². The average molecular weight is 307 g/mol. The zero-order chi connectivity index (χ0) is 12.8. The van der Waals surface area contributed by atoms with Gasteiger partial charge in [0.15, 0.2) is 0 Å². The monoisotopic (exact) mass is 306 g/mol. The van der Waals surface area contributed by atoms with Crippen molar-refractivity contribution in [2.45, 2.75) is 13.2 Å². The highest BCUT2D eigenvalue weighted by molar-refractivity contribution is 9.10. The fraction of sp³-hybridized carbons (Fsp3) is 0.214. The molecule has 4 heteroatoms. The summed E-state index contributed by atoms with van der Waals surface area (Å²) in [7, 11) is 1.71. The Bertz CT molecular complexity index is 517. The minimum absolute atomic E-state index is 0.643. The van der Waals surface area contributed by atoms with E-state index in [9.17, 15) is 0 Å². The molecule has 1 N–H and O–H groups in total. The maximum Gasteiger partial charge on any atom is 0.129 e. The summed E-state index contributed by atoms with van der Waals surface area (Å²) in [5.41, 5.74) is 3.40. The fourth-order valence-corrected chi connectivity index (χ4v) is 2.10. The van der Waals surface area contributed by atoms with E-state index in [1.54, 1.807) is 13.3 Å². The van der Waals surface area contributed by atoms with Gasteiger partial charge in [-0.15, -0.1) is 0 Å². The van der Waals surface area contributed by atoms with E-state index >= 15 is 0 Å². The molecule has 0 aliphatic heterocycles. The maximum absolute atomic E-state index is 5.13. The van der Waals surface area contributed by atoms with Gasteiger partial charge in [0.25, 0.3) is 0 Å². The van der Waals surface area contributed by atoms with E-state index in [0.717, 1.165) is 16.8 Å². The molecule has 1 aromatic carbocycles. The molecule has 0 unspecified atom stereocenters. The molecule has 0 radical (unpaired) electrons. The largest absolute Gasteiger partial charge is 0.380 e. The predicted molar refractivity (Wildman–Crippen MR) is 76.4 cm³/mol. The molecule has 0 saturated heterocycles. The summed E-state index contributed by atoms with van der Waals surface area (Å²) in [4.78, 5) is 4.17. The number of halogens is 1. The number of benzene rings is 1. The van der Waals surface area contributed by atoms with Crippen LogP contribution in [0.15, 0.2) is 47.2 Å². The van der Waals surface area contributed by atoms with Crippen LogP contribution in [0, 0.1) is 0 Å².